The number of pyridine rings is 1. The second-order valence-electron chi connectivity index (χ2n) is 13.9. The van der Waals surface area contributed by atoms with Crippen LogP contribution in [0.3, 0.4) is 0 Å². The molecule has 2 atom stereocenters. The van der Waals surface area contributed by atoms with Gasteiger partial charge in [0, 0.05) is 62.3 Å². The number of halogens is 3. The maximum atomic E-state index is 13.1. The standard InChI is InChI=1S/C40H46F3N5O8/c1-24(44-23-33(50)30-7-9-32(49)38-31(30)8-11-36(52)47-38)18-27-19-25(6-10-34(27)55-2)21-37(53)46-28-5-3-4-26(20-28)22-45-35(51)14-17-48-15-12-29(13-16-48)56-39(54)40(41,42)43/h3-11,19-20,24,29,33,44,49-50H,12-18,21-23H2,1-2H3,(H,45,51)(H,46,53)(H,47,52)/t24?,33-/m0/s1. The Morgan fingerprint density at radius 2 is 1.77 bits per heavy atom. The molecule has 2 heterocycles. The SMILES string of the molecule is COc1ccc(CC(=O)Nc2cccc(CNC(=O)CCN3CCC(OC(=O)C(F)(F)F)CC3)c2)cc1CC(C)NC[C@H](O)c1ccc(O)c2[nH]c(=O)ccc12. The molecule has 6 N–H and O–H groups in total. The predicted octanol–water partition coefficient (Wildman–Crippen LogP) is 4.25. The molecule has 2 amide bonds. The van der Waals surface area contributed by atoms with E-state index in [9.17, 15) is 42.6 Å². The second-order valence-corrected chi connectivity index (χ2v) is 13.9. The summed E-state index contributed by atoms with van der Waals surface area (Å²) in [5, 5.41) is 30.8. The molecule has 1 aliphatic heterocycles. The number of aromatic amines is 1. The molecule has 3 aromatic carbocycles. The average molecular weight is 782 g/mol. The number of likely N-dealkylation sites (tertiary alicyclic amines) is 1. The number of aliphatic hydroxyl groups excluding tert-OH is 1. The number of esters is 1. The number of aliphatic hydroxyl groups is 1. The van der Waals surface area contributed by atoms with Crippen molar-refractivity contribution in [3.05, 3.63) is 99.3 Å². The number of piperidine rings is 1. The van der Waals surface area contributed by atoms with E-state index < -0.39 is 24.4 Å². The van der Waals surface area contributed by atoms with Gasteiger partial charge in [-0.2, -0.15) is 13.2 Å². The van der Waals surface area contributed by atoms with Gasteiger partial charge in [-0.05, 0) is 78.8 Å². The first-order valence-electron chi connectivity index (χ1n) is 18.3. The molecule has 56 heavy (non-hydrogen) atoms. The number of benzene rings is 3. The minimum absolute atomic E-state index is 0.0845. The Morgan fingerprint density at radius 3 is 2.50 bits per heavy atom. The predicted molar refractivity (Wildman–Crippen MR) is 202 cm³/mol. The number of aromatic hydroxyl groups is 1. The number of amides is 2. The number of phenolic OH excluding ortho intramolecular Hbond substituents is 1. The number of carbonyl (C=O) groups is 3. The highest BCUT2D eigenvalue weighted by molar-refractivity contribution is 5.92. The molecule has 13 nitrogen and oxygen atoms in total. The van der Waals surface area contributed by atoms with Gasteiger partial charge >= 0.3 is 12.1 Å². The van der Waals surface area contributed by atoms with Crippen LogP contribution in [0.2, 0.25) is 0 Å². The Balaban J connectivity index is 1.06. The van der Waals surface area contributed by atoms with E-state index >= 15 is 0 Å². The van der Waals surface area contributed by atoms with Crippen molar-refractivity contribution in [2.45, 2.75) is 70.0 Å². The lowest BCUT2D eigenvalue weighted by molar-refractivity contribution is -0.206. The molecule has 4 aromatic rings. The van der Waals surface area contributed by atoms with Crippen molar-refractivity contribution in [3.63, 3.8) is 0 Å². The van der Waals surface area contributed by atoms with E-state index in [1.54, 1.807) is 37.4 Å². The van der Waals surface area contributed by atoms with Gasteiger partial charge in [0.1, 0.15) is 17.6 Å². The molecule has 1 saturated heterocycles. The van der Waals surface area contributed by atoms with E-state index in [1.807, 2.05) is 36.1 Å². The van der Waals surface area contributed by atoms with Gasteiger partial charge in [-0.3, -0.25) is 14.4 Å². The van der Waals surface area contributed by atoms with Gasteiger partial charge in [0.15, 0.2) is 0 Å². The molecular weight excluding hydrogens is 735 g/mol. The van der Waals surface area contributed by atoms with Crippen LogP contribution in [-0.2, 0) is 38.5 Å². The molecule has 1 unspecified atom stereocenters. The summed E-state index contributed by atoms with van der Waals surface area (Å²) in [6, 6.07) is 18.5. The number of fused-ring (bicyclic) bond motifs is 1. The van der Waals surface area contributed by atoms with Crippen LogP contribution in [0.5, 0.6) is 11.5 Å². The lowest BCUT2D eigenvalue weighted by atomic mass is 10.00. The van der Waals surface area contributed by atoms with Crippen LogP contribution in [0.4, 0.5) is 18.9 Å². The molecule has 0 bridgehead atoms. The highest BCUT2D eigenvalue weighted by atomic mass is 19.4. The molecule has 300 valence electrons. The first-order valence-corrected chi connectivity index (χ1v) is 18.3. The van der Waals surface area contributed by atoms with Crippen molar-refractivity contribution in [1.29, 1.82) is 0 Å². The summed E-state index contributed by atoms with van der Waals surface area (Å²) in [5.41, 5.74) is 3.43. The Kier molecular flexibility index (Phi) is 14.1. The third-order valence-electron chi connectivity index (χ3n) is 9.56. The zero-order chi connectivity index (χ0) is 40.4. The van der Waals surface area contributed by atoms with Crippen LogP contribution in [0.1, 0.15) is 54.5 Å². The summed E-state index contributed by atoms with van der Waals surface area (Å²) in [6.07, 6.45) is -5.40. The number of anilines is 1. The Labute approximate surface area is 321 Å². The van der Waals surface area contributed by atoms with Gasteiger partial charge in [0.2, 0.25) is 17.4 Å². The van der Waals surface area contributed by atoms with E-state index in [2.05, 4.69) is 25.7 Å². The number of hydrogen-bond donors (Lipinski definition) is 6. The summed E-state index contributed by atoms with van der Waals surface area (Å²) in [4.78, 5) is 53.0. The van der Waals surface area contributed by atoms with Gasteiger partial charge in [-0.25, -0.2) is 4.79 Å². The first-order chi connectivity index (χ1) is 26.7. The van der Waals surface area contributed by atoms with Gasteiger partial charge in [-0.15, -0.1) is 0 Å². The number of H-pyrrole nitrogens is 1. The molecule has 16 heteroatoms. The number of ether oxygens (including phenoxy) is 2. The van der Waals surface area contributed by atoms with Crippen LogP contribution < -0.4 is 26.2 Å². The largest absolute Gasteiger partial charge is 0.506 e. The monoisotopic (exact) mass is 781 g/mol. The van der Waals surface area contributed by atoms with Crippen LogP contribution in [0.15, 0.2) is 71.5 Å². The third-order valence-corrected chi connectivity index (χ3v) is 9.56. The summed E-state index contributed by atoms with van der Waals surface area (Å²) < 4.78 is 47.5. The van der Waals surface area contributed by atoms with Crippen molar-refractivity contribution in [2.24, 2.45) is 0 Å². The molecular formula is C40H46F3N5O8. The maximum Gasteiger partial charge on any atom is 0.490 e. The van der Waals surface area contributed by atoms with Crippen LogP contribution in [-0.4, -0.2) is 89.5 Å². The first kappa shape index (κ1) is 41.7. The number of nitrogens with one attached hydrogen (secondary N) is 4. The normalized spacial score (nSPS) is 14.9. The minimum Gasteiger partial charge on any atom is -0.506 e. The van der Waals surface area contributed by atoms with E-state index in [0.717, 1.165) is 16.7 Å². The van der Waals surface area contributed by atoms with Gasteiger partial charge in [-0.1, -0.05) is 30.3 Å². The summed E-state index contributed by atoms with van der Waals surface area (Å²) in [6.45, 7) is 3.64. The van der Waals surface area contributed by atoms with Crippen molar-refractivity contribution >= 4 is 34.4 Å². The van der Waals surface area contributed by atoms with Crippen molar-refractivity contribution in [1.82, 2.24) is 20.5 Å². The molecule has 1 aliphatic rings. The van der Waals surface area contributed by atoms with Crippen molar-refractivity contribution < 1.29 is 47.2 Å². The molecule has 1 aromatic heterocycles. The number of hydrogen-bond acceptors (Lipinski definition) is 10. The lowest BCUT2D eigenvalue weighted by Crippen LogP contribution is -2.41. The fourth-order valence-corrected chi connectivity index (χ4v) is 6.64. The Bertz CT molecular complexity index is 2070. The quantitative estimate of drug-likeness (QED) is 0.0900. The number of aromatic nitrogens is 1. The zero-order valence-corrected chi connectivity index (χ0v) is 31.1. The molecule has 0 aliphatic carbocycles. The topological polar surface area (TPSA) is 182 Å². The van der Waals surface area contributed by atoms with Crippen LogP contribution >= 0.6 is 0 Å². The number of alkyl halides is 3. The molecule has 0 radical (unpaired) electrons. The number of methoxy groups -OCH3 is 1. The fourth-order valence-electron chi connectivity index (χ4n) is 6.64. The average Bonchev–Trinajstić information content (AvgIpc) is 3.16. The summed E-state index contributed by atoms with van der Waals surface area (Å²) >= 11 is 0. The lowest BCUT2D eigenvalue weighted by Gasteiger charge is -2.31. The van der Waals surface area contributed by atoms with E-state index in [0.29, 0.717) is 48.4 Å². The minimum atomic E-state index is -5.02. The molecule has 1 fully saturated rings. The number of carbonyl (C=O) groups excluding carboxylic acids is 3. The Morgan fingerprint density at radius 1 is 1.00 bits per heavy atom. The van der Waals surface area contributed by atoms with E-state index in [1.165, 1.54) is 12.1 Å². The zero-order valence-electron chi connectivity index (χ0n) is 31.1. The maximum absolute atomic E-state index is 13.1. The van der Waals surface area contributed by atoms with E-state index in [4.69, 9.17) is 4.74 Å². The third kappa shape index (κ3) is 11.8. The molecule has 0 spiro atoms. The number of phenols is 1. The van der Waals surface area contributed by atoms with Gasteiger partial charge in [0.05, 0.1) is 25.2 Å². The number of rotatable bonds is 16. The van der Waals surface area contributed by atoms with Gasteiger partial charge in [0.25, 0.3) is 0 Å². The second kappa shape index (κ2) is 18.9. The fraction of sp³-hybridized carbons (Fsp3) is 0.400. The van der Waals surface area contributed by atoms with E-state index in [-0.39, 0.29) is 73.5 Å². The van der Waals surface area contributed by atoms with Crippen molar-refractivity contribution in [2.75, 3.05) is 38.6 Å². The molecule has 5 rings (SSSR count). The van der Waals surface area contributed by atoms with Crippen LogP contribution in [0, 0.1) is 0 Å². The van der Waals surface area contributed by atoms with Gasteiger partial charge < -0.3 is 45.5 Å². The highest BCUT2D eigenvalue weighted by Gasteiger charge is 2.42. The smallest absolute Gasteiger partial charge is 0.490 e. The summed E-state index contributed by atoms with van der Waals surface area (Å²) in [7, 11) is 1.57. The van der Waals surface area contributed by atoms with Crippen molar-refractivity contribution in [3.8, 4) is 11.5 Å². The highest BCUT2D eigenvalue weighted by Crippen LogP contribution is 2.29. The number of nitrogens with zero attached hydrogens (tertiary/aromatic N) is 1. The Hall–Kier alpha value is -5.45. The summed E-state index contributed by atoms with van der Waals surface area (Å²) in [5.74, 6) is -2.05. The van der Waals surface area contributed by atoms with Crippen LogP contribution in [0.25, 0.3) is 10.9 Å². The molecule has 0 saturated carbocycles.